The summed E-state index contributed by atoms with van der Waals surface area (Å²) in [4.78, 5) is 14.2. The second-order valence-electron chi connectivity index (χ2n) is 5.70. The Labute approximate surface area is 159 Å². The maximum absolute atomic E-state index is 12.2. The van der Waals surface area contributed by atoms with Crippen molar-refractivity contribution in [2.24, 2.45) is 0 Å². The number of nitriles is 1. The molecule has 2 heterocycles. The Morgan fingerprint density at radius 3 is 2.96 bits per heavy atom. The first-order valence-corrected chi connectivity index (χ1v) is 9.64. The van der Waals surface area contributed by atoms with Crippen molar-refractivity contribution < 1.29 is 9.53 Å². The summed E-state index contributed by atoms with van der Waals surface area (Å²) in [5.41, 5.74) is 1.20. The van der Waals surface area contributed by atoms with Gasteiger partial charge in [0.1, 0.15) is 11.6 Å². The van der Waals surface area contributed by atoms with Gasteiger partial charge < -0.3 is 10.1 Å². The van der Waals surface area contributed by atoms with Gasteiger partial charge in [-0.05, 0) is 37.1 Å². The Balaban J connectivity index is 1.71. The van der Waals surface area contributed by atoms with Gasteiger partial charge in [0.05, 0.1) is 6.10 Å². The summed E-state index contributed by atoms with van der Waals surface area (Å²) in [6.45, 7) is 1.19. The lowest BCUT2D eigenvalue weighted by Crippen LogP contribution is -2.32. The fourth-order valence-corrected chi connectivity index (χ4v) is 4.25. The van der Waals surface area contributed by atoms with Crippen molar-refractivity contribution in [3.8, 4) is 16.5 Å². The molecule has 1 aromatic carbocycles. The van der Waals surface area contributed by atoms with E-state index in [1.807, 2.05) is 42.5 Å². The van der Waals surface area contributed by atoms with Gasteiger partial charge in [-0.2, -0.15) is 5.26 Å². The van der Waals surface area contributed by atoms with Crippen molar-refractivity contribution in [3.63, 3.8) is 0 Å². The second kappa shape index (κ2) is 8.43. The summed E-state index contributed by atoms with van der Waals surface area (Å²) in [5, 5.41) is 12.1. The molecule has 1 atom stereocenters. The topological polar surface area (TPSA) is 62.1 Å². The van der Waals surface area contributed by atoms with E-state index < -0.39 is 0 Å². The molecule has 0 saturated carbocycles. The molecule has 6 heteroatoms. The summed E-state index contributed by atoms with van der Waals surface area (Å²) >= 11 is 5.09. The summed E-state index contributed by atoms with van der Waals surface area (Å²) in [7, 11) is 0. The van der Waals surface area contributed by atoms with Crippen molar-refractivity contribution in [2.45, 2.75) is 18.9 Å². The van der Waals surface area contributed by atoms with Gasteiger partial charge in [0.15, 0.2) is 0 Å². The van der Waals surface area contributed by atoms with Crippen LogP contribution < -0.4 is 5.32 Å². The molecule has 2 aromatic rings. The molecule has 1 unspecified atom stereocenters. The molecule has 1 aliphatic heterocycles. The molecule has 1 saturated heterocycles. The number of ether oxygens (including phenoxy) is 1. The molecular weight excluding hydrogens is 400 g/mol. The van der Waals surface area contributed by atoms with Gasteiger partial charge in [-0.1, -0.05) is 34.1 Å². The number of nitrogens with one attached hydrogen (secondary N) is 1. The largest absolute Gasteiger partial charge is 0.376 e. The normalized spacial score (nSPS) is 17.3. The highest BCUT2D eigenvalue weighted by molar-refractivity contribution is 9.10. The molecule has 1 amide bonds. The molecule has 0 bridgehead atoms. The molecule has 0 spiro atoms. The third-order valence-electron chi connectivity index (χ3n) is 3.93. The van der Waals surface area contributed by atoms with Crippen molar-refractivity contribution in [1.29, 1.82) is 5.26 Å². The lowest BCUT2D eigenvalue weighted by atomic mass is 10.2. The van der Waals surface area contributed by atoms with Gasteiger partial charge in [-0.25, -0.2) is 0 Å². The summed E-state index contributed by atoms with van der Waals surface area (Å²) in [6.07, 6.45) is 3.67. The van der Waals surface area contributed by atoms with Gasteiger partial charge in [0, 0.05) is 32.9 Å². The molecule has 0 radical (unpaired) electrons. The van der Waals surface area contributed by atoms with Crippen molar-refractivity contribution in [3.05, 3.63) is 51.3 Å². The van der Waals surface area contributed by atoms with E-state index in [9.17, 15) is 10.1 Å². The van der Waals surface area contributed by atoms with E-state index in [-0.39, 0.29) is 17.6 Å². The standard InChI is InChI=1S/C19H17BrN2O2S/c20-17-6-2-1-5-16(17)18-8-7-15(25-18)10-13(11-21)19(23)22-12-14-4-3-9-24-14/h1-2,5-8,10,14H,3-4,9,12H2,(H,22,23)/b13-10+. The smallest absolute Gasteiger partial charge is 0.262 e. The van der Waals surface area contributed by atoms with Crippen LogP contribution in [0.5, 0.6) is 0 Å². The number of benzene rings is 1. The molecule has 1 aromatic heterocycles. The van der Waals surface area contributed by atoms with Gasteiger partial charge in [0.2, 0.25) is 0 Å². The third kappa shape index (κ3) is 4.57. The Bertz CT molecular complexity index is 832. The van der Waals surface area contributed by atoms with Crippen molar-refractivity contribution >= 4 is 39.2 Å². The number of rotatable bonds is 5. The van der Waals surface area contributed by atoms with E-state index in [1.54, 1.807) is 17.4 Å². The minimum atomic E-state index is -0.353. The Kier molecular flexibility index (Phi) is 6.03. The Hall–Kier alpha value is -1.94. The van der Waals surface area contributed by atoms with Gasteiger partial charge in [0.25, 0.3) is 5.91 Å². The zero-order chi connectivity index (χ0) is 17.6. The Morgan fingerprint density at radius 1 is 1.40 bits per heavy atom. The first kappa shape index (κ1) is 17.9. The average molecular weight is 417 g/mol. The van der Waals surface area contributed by atoms with Crippen LogP contribution in [0, 0.1) is 11.3 Å². The van der Waals surface area contributed by atoms with E-state index in [4.69, 9.17) is 4.74 Å². The quantitative estimate of drug-likeness (QED) is 0.580. The average Bonchev–Trinajstić information content (AvgIpc) is 3.30. The van der Waals surface area contributed by atoms with Crippen LogP contribution in [-0.2, 0) is 9.53 Å². The molecule has 0 aliphatic carbocycles. The maximum Gasteiger partial charge on any atom is 0.262 e. The van der Waals surface area contributed by atoms with E-state index in [0.717, 1.165) is 39.2 Å². The van der Waals surface area contributed by atoms with Crippen LogP contribution in [0.15, 0.2) is 46.4 Å². The minimum absolute atomic E-state index is 0.0627. The zero-order valence-corrected chi connectivity index (χ0v) is 15.9. The van der Waals surface area contributed by atoms with Crippen LogP contribution in [-0.4, -0.2) is 25.2 Å². The highest BCUT2D eigenvalue weighted by Crippen LogP contribution is 2.34. The summed E-state index contributed by atoms with van der Waals surface area (Å²) < 4.78 is 6.49. The highest BCUT2D eigenvalue weighted by atomic mass is 79.9. The number of nitrogens with zero attached hydrogens (tertiary/aromatic N) is 1. The number of carbonyl (C=O) groups excluding carboxylic acids is 1. The SMILES string of the molecule is N#C/C(=C\c1ccc(-c2ccccc2Br)s1)C(=O)NCC1CCCO1. The Morgan fingerprint density at radius 2 is 2.24 bits per heavy atom. The fourth-order valence-electron chi connectivity index (χ4n) is 2.63. The minimum Gasteiger partial charge on any atom is -0.376 e. The van der Waals surface area contributed by atoms with Gasteiger partial charge in [-0.15, -0.1) is 11.3 Å². The van der Waals surface area contributed by atoms with Crippen LogP contribution in [0.4, 0.5) is 0 Å². The monoisotopic (exact) mass is 416 g/mol. The lowest BCUT2D eigenvalue weighted by molar-refractivity contribution is -0.117. The van der Waals surface area contributed by atoms with E-state index >= 15 is 0 Å². The van der Waals surface area contributed by atoms with Crippen LogP contribution in [0.3, 0.4) is 0 Å². The molecular formula is C19H17BrN2O2S. The van der Waals surface area contributed by atoms with Crippen LogP contribution >= 0.6 is 27.3 Å². The summed E-state index contributed by atoms with van der Waals surface area (Å²) in [6, 6.07) is 13.9. The van der Waals surface area contributed by atoms with Gasteiger partial charge >= 0.3 is 0 Å². The number of halogens is 1. The predicted octanol–water partition coefficient (Wildman–Crippen LogP) is 4.38. The zero-order valence-electron chi connectivity index (χ0n) is 13.5. The molecule has 128 valence electrons. The predicted molar refractivity (Wildman–Crippen MR) is 103 cm³/mol. The third-order valence-corrected chi connectivity index (χ3v) is 5.69. The maximum atomic E-state index is 12.2. The number of carbonyl (C=O) groups is 1. The van der Waals surface area contributed by atoms with Crippen molar-refractivity contribution in [1.82, 2.24) is 5.32 Å². The number of hydrogen-bond donors (Lipinski definition) is 1. The van der Waals surface area contributed by atoms with Crippen LogP contribution in [0.25, 0.3) is 16.5 Å². The number of amides is 1. The molecule has 1 N–H and O–H groups in total. The summed E-state index contributed by atoms with van der Waals surface area (Å²) in [5.74, 6) is -0.353. The molecule has 25 heavy (non-hydrogen) atoms. The van der Waals surface area contributed by atoms with Crippen molar-refractivity contribution in [2.75, 3.05) is 13.2 Å². The highest BCUT2D eigenvalue weighted by Gasteiger charge is 2.17. The first-order valence-electron chi connectivity index (χ1n) is 8.03. The van der Waals surface area contributed by atoms with E-state index in [1.165, 1.54) is 0 Å². The molecule has 4 nitrogen and oxygen atoms in total. The first-order chi connectivity index (χ1) is 12.2. The lowest BCUT2D eigenvalue weighted by Gasteiger charge is -2.09. The molecule has 1 aliphatic rings. The van der Waals surface area contributed by atoms with E-state index in [2.05, 4.69) is 21.2 Å². The molecule has 3 rings (SSSR count). The van der Waals surface area contributed by atoms with E-state index in [0.29, 0.717) is 6.54 Å². The molecule has 1 fully saturated rings. The van der Waals surface area contributed by atoms with Gasteiger partial charge in [-0.3, -0.25) is 4.79 Å². The second-order valence-corrected chi connectivity index (χ2v) is 7.67. The fraction of sp³-hybridized carbons (Fsp3) is 0.263. The van der Waals surface area contributed by atoms with Crippen LogP contribution in [0.1, 0.15) is 17.7 Å². The van der Waals surface area contributed by atoms with Crippen LogP contribution in [0.2, 0.25) is 0 Å². The number of hydrogen-bond acceptors (Lipinski definition) is 4. The number of thiophene rings is 1.